The summed E-state index contributed by atoms with van der Waals surface area (Å²) in [5.74, 6) is 1.16. The maximum atomic E-state index is 12.2. The highest BCUT2D eigenvalue weighted by atomic mass is 16.2. The van der Waals surface area contributed by atoms with E-state index in [4.69, 9.17) is 0 Å². The van der Waals surface area contributed by atoms with E-state index >= 15 is 0 Å². The highest BCUT2D eigenvalue weighted by molar-refractivity contribution is 5.78. The zero-order valence-electron chi connectivity index (χ0n) is 11.7. The quantitative estimate of drug-likeness (QED) is 0.809. The Bertz CT molecular complexity index is 262. The van der Waals surface area contributed by atoms with Gasteiger partial charge in [0.05, 0.1) is 6.54 Å². The number of nitrogens with zero attached hydrogens (tertiary/aromatic N) is 2. The molecule has 2 aliphatic heterocycles. The van der Waals surface area contributed by atoms with Crippen molar-refractivity contribution in [3.63, 3.8) is 0 Å². The SMILES string of the molecule is CCCC1CCN(CC(=O)N2CCCNCC2)C1. The number of likely N-dealkylation sites (tertiary alicyclic amines) is 1. The molecule has 1 atom stereocenters. The lowest BCUT2D eigenvalue weighted by Crippen LogP contribution is -2.41. The first-order valence-electron chi connectivity index (χ1n) is 7.50. The molecule has 2 fully saturated rings. The van der Waals surface area contributed by atoms with Gasteiger partial charge in [0.25, 0.3) is 0 Å². The van der Waals surface area contributed by atoms with Crippen LogP contribution in [-0.2, 0) is 4.79 Å². The summed E-state index contributed by atoms with van der Waals surface area (Å²) in [6.07, 6.45) is 4.95. The standard InChI is InChI=1S/C14H27N3O/c1-2-4-13-5-9-16(11-13)12-14(18)17-8-3-6-15-7-10-17/h13,15H,2-12H2,1H3. The summed E-state index contributed by atoms with van der Waals surface area (Å²) in [6, 6.07) is 0. The molecule has 0 aromatic rings. The molecular weight excluding hydrogens is 226 g/mol. The first-order valence-corrected chi connectivity index (χ1v) is 7.50. The van der Waals surface area contributed by atoms with Gasteiger partial charge in [-0.2, -0.15) is 0 Å². The summed E-state index contributed by atoms with van der Waals surface area (Å²) in [6.45, 7) is 8.94. The number of carbonyl (C=O) groups excluding carboxylic acids is 1. The zero-order valence-corrected chi connectivity index (χ0v) is 11.7. The Labute approximate surface area is 111 Å². The minimum absolute atomic E-state index is 0.329. The van der Waals surface area contributed by atoms with Crippen molar-refractivity contribution in [2.45, 2.75) is 32.6 Å². The van der Waals surface area contributed by atoms with Crippen LogP contribution < -0.4 is 5.32 Å². The Kier molecular flexibility index (Phi) is 5.45. The predicted octanol–water partition coefficient (Wildman–Crippen LogP) is 0.930. The molecule has 0 radical (unpaired) electrons. The van der Waals surface area contributed by atoms with E-state index in [2.05, 4.69) is 17.1 Å². The van der Waals surface area contributed by atoms with E-state index in [0.29, 0.717) is 12.5 Å². The van der Waals surface area contributed by atoms with Crippen LogP contribution in [0.3, 0.4) is 0 Å². The van der Waals surface area contributed by atoms with Crippen LogP contribution in [0.4, 0.5) is 0 Å². The third kappa shape index (κ3) is 3.95. The number of hydrogen-bond acceptors (Lipinski definition) is 3. The fourth-order valence-electron chi connectivity index (χ4n) is 3.09. The first-order chi connectivity index (χ1) is 8.79. The Morgan fingerprint density at radius 1 is 1.28 bits per heavy atom. The van der Waals surface area contributed by atoms with Gasteiger partial charge in [-0.05, 0) is 38.3 Å². The Balaban J connectivity index is 1.73. The summed E-state index contributed by atoms with van der Waals surface area (Å²) in [4.78, 5) is 16.6. The van der Waals surface area contributed by atoms with Gasteiger partial charge in [0.2, 0.25) is 5.91 Å². The molecule has 0 saturated carbocycles. The third-order valence-electron chi connectivity index (χ3n) is 4.12. The minimum Gasteiger partial charge on any atom is -0.340 e. The van der Waals surface area contributed by atoms with Gasteiger partial charge in [0.15, 0.2) is 0 Å². The van der Waals surface area contributed by atoms with Crippen LogP contribution in [0.5, 0.6) is 0 Å². The molecular formula is C14H27N3O. The highest BCUT2D eigenvalue weighted by Gasteiger charge is 2.25. The van der Waals surface area contributed by atoms with Crippen LogP contribution in [0.2, 0.25) is 0 Å². The molecule has 0 bridgehead atoms. The van der Waals surface area contributed by atoms with Gasteiger partial charge in [0.1, 0.15) is 0 Å². The smallest absolute Gasteiger partial charge is 0.236 e. The van der Waals surface area contributed by atoms with Crippen LogP contribution in [0, 0.1) is 5.92 Å². The van der Waals surface area contributed by atoms with Gasteiger partial charge in [-0.25, -0.2) is 0 Å². The molecule has 2 saturated heterocycles. The van der Waals surface area contributed by atoms with Crippen molar-refractivity contribution in [2.24, 2.45) is 5.92 Å². The van der Waals surface area contributed by atoms with E-state index in [1.54, 1.807) is 0 Å². The van der Waals surface area contributed by atoms with Gasteiger partial charge in [-0.15, -0.1) is 0 Å². The molecule has 4 nitrogen and oxygen atoms in total. The lowest BCUT2D eigenvalue weighted by Gasteiger charge is -2.23. The molecule has 104 valence electrons. The zero-order chi connectivity index (χ0) is 12.8. The van der Waals surface area contributed by atoms with Crippen molar-refractivity contribution in [1.29, 1.82) is 0 Å². The molecule has 0 aromatic carbocycles. The summed E-state index contributed by atoms with van der Waals surface area (Å²) < 4.78 is 0. The van der Waals surface area contributed by atoms with E-state index in [0.717, 1.165) is 51.6 Å². The second kappa shape index (κ2) is 7.10. The second-order valence-electron chi connectivity index (χ2n) is 5.66. The summed E-state index contributed by atoms with van der Waals surface area (Å²) in [7, 11) is 0. The fourth-order valence-corrected chi connectivity index (χ4v) is 3.09. The van der Waals surface area contributed by atoms with E-state index in [9.17, 15) is 4.79 Å². The van der Waals surface area contributed by atoms with Crippen molar-refractivity contribution < 1.29 is 4.79 Å². The summed E-state index contributed by atoms with van der Waals surface area (Å²) >= 11 is 0. The van der Waals surface area contributed by atoms with Gasteiger partial charge in [-0.3, -0.25) is 9.69 Å². The second-order valence-corrected chi connectivity index (χ2v) is 5.66. The number of nitrogens with one attached hydrogen (secondary N) is 1. The monoisotopic (exact) mass is 253 g/mol. The van der Waals surface area contributed by atoms with Crippen molar-refractivity contribution in [1.82, 2.24) is 15.1 Å². The molecule has 18 heavy (non-hydrogen) atoms. The minimum atomic E-state index is 0.329. The predicted molar refractivity (Wildman–Crippen MR) is 73.5 cm³/mol. The first kappa shape index (κ1) is 13.8. The van der Waals surface area contributed by atoms with E-state index in [-0.39, 0.29) is 0 Å². The van der Waals surface area contributed by atoms with Crippen molar-refractivity contribution in [2.75, 3.05) is 45.8 Å². The molecule has 1 N–H and O–H groups in total. The highest BCUT2D eigenvalue weighted by Crippen LogP contribution is 2.20. The molecule has 2 aliphatic rings. The fraction of sp³-hybridized carbons (Fsp3) is 0.929. The average molecular weight is 253 g/mol. The molecule has 1 amide bonds. The maximum absolute atomic E-state index is 12.2. The molecule has 0 spiro atoms. The van der Waals surface area contributed by atoms with Crippen LogP contribution in [0.15, 0.2) is 0 Å². The van der Waals surface area contributed by atoms with E-state index < -0.39 is 0 Å². The molecule has 2 heterocycles. The molecule has 0 aromatic heterocycles. The number of carbonyl (C=O) groups is 1. The van der Waals surface area contributed by atoms with Gasteiger partial charge in [-0.1, -0.05) is 13.3 Å². The number of rotatable bonds is 4. The maximum Gasteiger partial charge on any atom is 0.236 e. The van der Waals surface area contributed by atoms with Crippen LogP contribution in [-0.4, -0.2) is 61.5 Å². The molecule has 1 unspecified atom stereocenters. The van der Waals surface area contributed by atoms with Gasteiger partial charge < -0.3 is 10.2 Å². The van der Waals surface area contributed by atoms with Gasteiger partial charge in [0, 0.05) is 26.2 Å². The molecule has 4 heteroatoms. The third-order valence-corrected chi connectivity index (χ3v) is 4.12. The largest absolute Gasteiger partial charge is 0.340 e. The van der Waals surface area contributed by atoms with Crippen molar-refractivity contribution in [3.8, 4) is 0 Å². The summed E-state index contributed by atoms with van der Waals surface area (Å²) in [5, 5.41) is 3.34. The number of amides is 1. The Hall–Kier alpha value is -0.610. The van der Waals surface area contributed by atoms with Crippen molar-refractivity contribution in [3.05, 3.63) is 0 Å². The molecule has 2 rings (SSSR count). The summed E-state index contributed by atoms with van der Waals surface area (Å²) in [5.41, 5.74) is 0. The average Bonchev–Trinajstić information content (AvgIpc) is 2.65. The van der Waals surface area contributed by atoms with E-state index in [1.165, 1.54) is 19.3 Å². The van der Waals surface area contributed by atoms with Crippen molar-refractivity contribution >= 4 is 5.91 Å². The molecule has 0 aliphatic carbocycles. The number of hydrogen-bond donors (Lipinski definition) is 1. The van der Waals surface area contributed by atoms with Crippen LogP contribution >= 0.6 is 0 Å². The Morgan fingerprint density at radius 3 is 3.00 bits per heavy atom. The lowest BCUT2D eigenvalue weighted by molar-refractivity contribution is -0.132. The Morgan fingerprint density at radius 2 is 2.17 bits per heavy atom. The van der Waals surface area contributed by atoms with E-state index in [1.807, 2.05) is 4.90 Å². The topological polar surface area (TPSA) is 35.6 Å². The lowest BCUT2D eigenvalue weighted by atomic mass is 10.0. The van der Waals surface area contributed by atoms with Crippen LogP contribution in [0.25, 0.3) is 0 Å². The van der Waals surface area contributed by atoms with Crippen LogP contribution in [0.1, 0.15) is 32.6 Å². The van der Waals surface area contributed by atoms with Gasteiger partial charge >= 0.3 is 0 Å². The normalized spacial score (nSPS) is 26.3.